The van der Waals surface area contributed by atoms with Crippen LogP contribution in [0.25, 0.3) is 0 Å². The molecule has 0 amide bonds. The fourth-order valence-electron chi connectivity index (χ4n) is 0. The molecule has 0 spiro atoms. The van der Waals surface area contributed by atoms with Gasteiger partial charge in [-0.25, -0.2) is 0 Å². The summed E-state index contributed by atoms with van der Waals surface area (Å²) in [7, 11) is 0. The van der Waals surface area contributed by atoms with Gasteiger partial charge in [0.25, 0.3) is 0 Å². The Morgan fingerprint density at radius 2 is 0.500 bits per heavy atom. The van der Waals surface area contributed by atoms with Gasteiger partial charge in [-0.2, -0.15) is 0 Å². The van der Waals surface area contributed by atoms with Crippen molar-refractivity contribution >= 4 is 29.0 Å². The van der Waals surface area contributed by atoms with Crippen LogP contribution in [0.4, 0.5) is 0 Å². The summed E-state index contributed by atoms with van der Waals surface area (Å²) >= 11 is -11.8. The fourth-order valence-corrected chi connectivity index (χ4v) is 0. The van der Waals surface area contributed by atoms with Crippen LogP contribution in [-0.4, -0.2) is 29.0 Å². The Bertz CT molecular complexity index is 132. The first kappa shape index (κ1) is 36.3. The van der Waals surface area contributed by atoms with Gasteiger partial charge in [-0.15, -0.1) is 0 Å². The Hall–Kier alpha value is 4.48. The Morgan fingerprint density at radius 1 is 0.500 bits per heavy atom. The standard InChI is InChI=1S/2AsH3O4.4Na/c2*2-1(3,4)5;;;;/h2*(H3,2,3,4,5);;;;/q;;4*+1/p-6. The van der Waals surface area contributed by atoms with Crippen LogP contribution in [-0.2, 0) is 7.48 Å². The minimum absolute atomic E-state index is 0. The van der Waals surface area contributed by atoms with Gasteiger partial charge in [0.1, 0.15) is 0 Å². The third kappa shape index (κ3) is 197. The molecule has 0 aromatic rings. The third-order valence-corrected chi connectivity index (χ3v) is 0. The molecule has 8 nitrogen and oxygen atoms in total. The first-order chi connectivity index (χ1) is 4.00. The van der Waals surface area contributed by atoms with Crippen molar-refractivity contribution in [2.24, 2.45) is 0 Å². The topological polar surface area (TPSA) is 172 Å². The van der Waals surface area contributed by atoms with E-state index in [1.807, 2.05) is 0 Å². The zero-order valence-corrected chi connectivity index (χ0v) is 19.9. The van der Waals surface area contributed by atoms with E-state index in [-0.39, 0.29) is 118 Å². The summed E-state index contributed by atoms with van der Waals surface area (Å²) in [6.45, 7) is 0. The summed E-state index contributed by atoms with van der Waals surface area (Å²) in [6, 6.07) is 0. The first-order valence-electron chi connectivity index (χ1n) is 1.46. The predicted molar refractivity (Wildman–Crippen MR) is 12.9 cm³/mol. The van der Waals surface area contributed by atoms with Crippen LogP contribution in [0.2, 0.25) is 0 Å². The Balaban J connectivity index is -0.0000000178. The van der Waals surface area contributed by atoms with Crippen molar-refractivity contribution < 1.29 is 150 Å². The summed E-state index contributed by atoms with van der Waals surface area (Å²) in [5.41, 5.74) is 0. The number of rotatable bonds is 0. The SMILES string of the molecule is O=[As]([O-])([O-])[O-].O=[As]([O-])([O-])[O-].[Na+].[Na+].[Na+].[Na+]. The van der Waals surface area contributed by atoms with Gasteiger partial charge in [0.05, 0.1) is 0 Å². The summed E-state index contributed by atoms with van der Waals surface area (Å²) < 4.78 is 68.9. The second-order valence-electron chi connectivity index (χ2n) is 0.894. The molecular weight excluding hydrogens is 370 g/mol. The molecule has 0 aliphatic heterocycles. The van der Waals surface area contributed by atoms with Crippen molar-refractivity contribution in [2.45, 2.75) is 0 Å². The molecule has 0 aromatic heterocycles. The van der Waals surface area contributed by atoms with Gasteiger partial charge < -0.3 is 0 Å². The molecule has 0 aliphatic carbocycles. The maximum atomic E-state index is 8.61. The molecule has 14 heavy (non-hydrogen) atoms. The monoisotopic (exact) mass is 370 g/mol. The summed E-state index contributed by atoms with van der Waals surface area (Å²) in [5.74, 6) is 0. The third-order valence-electron chi connectivity index (χ3n) is 0. The van der Waals surface area contributed by atoms with Gasteiger partial charge in [-0.1, -0.05) is 0 Å². The Labute approximate surface area is 175 Å². The van der Waals surface area contributed by atoms with E-state index in [0.717, 1.165) is 0 Å². The van der Waals surface area contributed by atoms with Gasteiger partial charge >= 0.3 is 179 Å². The van der Waals surface area contributed by atoms with Gasteiger partial charge in [-0.05, 0) is 0 Å². The van der Waals surface area contributed by atoms with E-state index in [2.05, 4.69) is 0 Å². The van der Waals surface area contributed by atoms with Crippen LogP contribution in [0.1, 0.15) is 0 Å². The molecule has 0 N–H and O–H groups in total. The van der Waals surface area contributed by atoms with Crippen LogP contribution in [0.3, 0.4) is 0 Å². The number of hydrogen-bond acceptors (Lipinski definition) is 8. The molecule has 0 unspecified atom stereocenters. The maximum absolute atomic E-state index is 8.61. The molecular formula is As2Na4O8-2. The van der Waals surface area contributed by atoms with E-state index in [1.54, 1.807) is 0 Å². The van der Waals surface area contributed by atoms with E-state index in [4.69, 9.17) is 32.1 Å². The number of hydrogen-bond donors (Lipinski definition) is 0. The fraction of sp³-hybridized carbons (Fsp3) is 0. The van der Waals surface area contributed by atoms with Crippen LogP contribution in [0, 0.1) is 0 Å². The molecule has 0 aliphatic rings. The van der Waals surface area contributed by atoms with Gasteiger partial charge in [-0.3, -0.25) is 0 Å². The summed E-state index contributed by atoms with van der Waals surface area (Å²) in [4.78, 5) is 0. The second-order valence-corrected chi connectivity index (χ2v) is 4.65. The molecule has 0 fully saturated rings. The molecule has 64 valence electrons. The molecule has 0 bridgehead atoms. The van der Waals surface area contributed by atoms with Crippen molar-refractivity contribution in [3.05, 3.63) is 0 Å². The smallest absolute Gasteiger partial charge is 1.00 e. The quantitative estimate of drug-likeness (QED) is 0.378. The van der Waals surface area contributed by atoms with Crippen molar-refractivity contribution in [1.29, 1.82) is 0 Å². The van der Waals surface area contributed by atoms with Crippen LogP contribution < -0.4 is 143 Å². The van der Waals surface area contributed by atoms with Crippen LogP contribution >= 0.6 is 0 Å². The van der Waals surface area contributed by atoms with Gasteiger partial charge in [0, 0.05) is 0 Å². The van der Waals surface area contributed by atoms with Gasteiger partial charge in [0.2, 0.25) is 0 Å². The van der Waals surface area contributed by atoms with Crippen LogP contribution in [0.15, 0.2) is 0 Å². The summed E-state index contributed by atoms with van der Waals surface area (Å²) in [6.07, 6.45) is 0. The van der Waals surface area contributed by atoms with Gasteiger partial charge in [0.15, 0.2) is 0 Å². The van der Waals surface area contributed by atoms with E-state index in [9.17, 15) is 0 Å². The first-order valence-corrected chi connectivity index (χ1v) is 7.59. The average Bonchev–Trinajstić information content (AvgIpc) is 1.12. The molecule has 0 saturated carbocycles. The van der Waals surface area contributed by atoms with E-state index in [1.165, 1.54) is 0 Å². The van der Waals surface area contributed by atoms with E-state index in [0.29, 0.717) is 0 Å². The Kier molecular flexibility index (Phi) is 45.3. The molecule has 0 atom stereocenters. The maximum Gasteiger partial charge on any atom is 1.00 e. The average molecular weight is 370 g/mol. The minimum Gasteiger partial charge on any atom is 1.00 e. The van der Waals surface area contributed by atoms with Crippen molar-refractivity contribution in [3.8, 4) is 0 Å². The van der Waals surface area contributed by atoms with E-state index >= 15 is 0 Å². The molecule has 0 saturated heterocycles. The van der Waals surface area contributed by atoms with Crippen molar-refractivity contribution in [2.75, 3.05) is 0 Å². The van der Waals surface area contributed by atoms with Crippen molar-refractivity contribution in [3.63, 3.8) is 0 Å². The normalized spacial score (nSPS) is 8.43. The Morgan fingerprint density at radius 3 is 0.500 bits per heavy atom. The molecule has 0 aromatic carbocycles. The molecule has 14 heteroatoms. The summed E-state index contributed by atoms with van der Waals surface area (Å²) in [5, 5.41) is 0. The van der Waals surface area contributed by atoms with E-state index < -0.39 is 29.0 Å². The van der Waals surface area contributed by atoms with Crippen molar-refractivity contribution in [1.82, 2.24) is 0 Å². The largest absolute Gasteiger partial charge is 1.00 e. The predicted octanol–water partition coefficient (Wildman–Crippen LogP) is -20.1. The molecule has 0 heterocycles. The zero-order valence-electron chi connectivity index (χ0n) is 8.16. The molecule has 0 rings (SSSR count). The second kappa shape index (κ2) is 17.5. The van der Waals surface area contributed by atoms with Crippen LogP contribution in [0.5, 0.6) is 0 Å². The minimum atomic E-state index is -5.88. The molecule has 0 radical (unpaired) electrons. The zero-order chi connectivity index (χ0) is 9.00.